The van der Waals surface area contributed by atoms with Crippen molar-refractivity contribution in [3.63, 3.8) is 0 Å². The van der Waals surface area contributed by atoms with Crippen LogP contribution in [-0.4, -0.2) is 13.7 Å². The predicted molar refractivity (Wildman–Crippen MR) is 84.7 cm³/mol. The third-order valence-electron chi connectivity index (χ3n) is 4.02. The van der Waals surface area contributed by atoms with Crippen LogP contribution in [0.1, 0.15) is 35.6 Å². The molecule has 20 heavy (non-hydrogen) atoms. The van der Waals surface area contributed by atoms with Crippen molar-refractivity contribution >= 4 is 11.3 Å². The van der Waals surface area contributed by atoms with Crippen LogP contribution in [0, 0.1) is 0 Å². The molecule has 1 heterocycles. The molecule has 0 fully saturated rings. The van der Waals surface area contributed by atoms with Gasteiger partial charge in [0.1, 0.15) is 5.75 Å². The Morgan fingerprint density at radius 2 is 2.30 bits per heavy atom. The van der Waals surface area contributed by atoms with Gasteiger partial charge in [-0.15, -0.1) is 0 Å². The second-order valence-corrected chi connectivity index (χ2v) is 6.10. The molecular formula is C17H21NOS. The largest absolute Gasteiger partial charge is 0.493 e. The molecule has 3 heteroatoms. The van der Waals surface area contributed by atoms with E-state index in [0.717, 1.165) is 18.8 Å². The number of hydrogen-bond donors (Lipinski definition) is 1. The highest BCUT2D eigenvalue weighted by Gasteiger charge is 2.18. The fraction of sp³-hybridized carbons (Fsp3) is 0.412. The van der Waals surface area contributed by atoms with Crippen LogP contribution >= 0.6 is 11.3 Å². The molecule has 1 aromatic carbocycles. The Hall–Kier alpha value is -1.32. The van der Waals surface area contributed by atoms with Crippen LogP contribution in [0.5, 0.6) is 5.75 Å². The van der Waals surface area contributed by atoms with Gasteiger partial charge < -0.3 is 10.1 Å². The van der Waals surface area contributed by atoms with Gasteiger partial charge in [-0.2, -0.15) is 11.3 Å². The van der Waals surface area contributed by atoms with Crippen LogP contribution < -0.4 is 10.1 Å². The lowest BCUT2D eigenvalue weighted by Crippen LogP contribution is -2.21. The van der Waals surface area contributed by atoms with Gasteiger partial charge in [-0.25, -0.2) is 0 Å². The first-order chi connectivity index (χ1) is 9.86. The minimum Gasteiger partial charge on any atom is -0.493 e. The summed E-state index contributed by atoms with van der Waals surface area (Å²) in [6.45, 7) is 0.755. The summed E-state index contributed by atoms with van der Waals surface area (Å²) in [6.07, 6.45) is 4.66. The fourth-order valence-electron chi connectivity index (χ4n) is 2.90. The van der Waals surface area contributed by atoms with Crippen molar-refractivity contribution < 1.29 is 4.74 Å². The summed E-state index contributed by atoms with van der Waals surface area (Å²) < 4.78 is 5.90. The molecule has 0 saturated carbocycles. The number of benzene rings is 1. The highest BCUT2D eigenvalue weighted by Crippen LogP contribution is 2.31. The summed E-state index contributed by atoms with van der Waals surface area (Å²) >= 11 is 1.74. The number of aryl methyl sites for hydroxylation is 1. The first-order valence-electron chi connectivity index (χ1n) is 7.31. The average Bonchev–Trinajstić information content (AvgIpc) is 2.99. The number of thiophene rings is 1. The SMILES string of the molecule is CNC1CCCc2cc(OCCc3ccsc3)ccc21. The first-order valence-corrected chi connectivity index (χ1v) is 8.25. The molecule has 3 rings (SSSR count). The molecule has 1 N–H and O–H groups in total. The smallest absolute Gasteiger partial charge is 0.119 e. The van der Waals surface area contributed by atoms with Gasteiger partial charge in [-0.05, 0) is 72.0 Å². The minimum absolute atomic E-state index is 0.513. The molecule has 0 amide bonds. The minimum atomic E-state index is 0.513. The standard InChI is InChI=1S/C17H21NOS/c1-18-17-4-2-3-14-11-15(5-6-16(14)17)19-9-7-13-8-10-20-12-13/h5-6,8,10-12,17-18H,2-4,7,9H2,1H3. The Kier molecular flexibility index (Phi) is 4.38. The topological polar surface area (TPSA) is 21.3 Å². The Balaban J connectivity index is 1.63. The van der Waals surface area contributed by atoms with Crippen LogP contribution in [0.25, 0.3) is 0 Å². The molecule has 1 atom stereocenters. The van der Waals surface area contributed by atoms with E-state index in [0.29, 0.717) is 6.04 Å². The van der Waals surface area contributed by atoms with Gasteiger partial charge in [0, 0.05) is 12.5 Å². The van der Waals surface area contributed by atoms with Crippen molar-refractivity contribution in [2.45, 2.75) is 31.7 Å². The van der Waals surface area contributed by atoms with Gasteiger partial charge in [0.25, 0.3) is 0 Å². The summed E-state index contributed by atoms with van der Waals surface area (Å²) in [5, 5.41) is 7.71. The molecular weight excluding hydrogens is 266 g/mol. The Labute approximate surface area is 124 Å². The Morgan fingerprint density at radius 1 is 1.35 bits per heavy atom. The summed E-state index contributed by atoms with van der Waals surface area (Å²) in [5.41, 5.74) is 4.26. The number of nitrogens with one attached hydrogen (secondary N) is 1. The molecule has 1 unspecified atom stereocenters. The van der Waals surface area contributed by atoms with E-state index in [9.17, 15) is 0 Å². The van der Waals surface area contributed by atoms with Crippen molar-refractivity contribution in [1.29, 1.82) is 0 Å². The van der Waals surface area contributed by atoms with Gasteiger partial charge in [0.05, 0.1) is 6.61 Å². The molecule has 0 aliphatic heterocycles. The molecule has 1 aliphatic carbocycles. The van der Waals surface area contributed by atoms with E-state index in [-0.39, 0.29) is 0 Å². The van der Waals surface area contributed by atoms with E-state index >= 15 is 0 Å². The summed E-state index contributed by atoms with van der Waals surface area (Å²) in [7, 11) is 2.05. The molecule has 2 aromatic rings. The third kappa shape index (κ3) is 3.05. The first kappa shape index (κ1) is 13.7. The van der Waals surface area contributed by atoms with Crippen molar-refractivity contribution in [3.05, 3.63) is 51.7 Å². The summed E-state index contributed by atoms with van der Waals surface area (Å²) in [6, 6.07) is 9.25. The second kappa shape index (κ2) is 6.42. The van der Waals surface area contributed by atoms with Crippen LogP contribution in [0.4, 0.5) is 0 Å². The monoisotopic (exact) mass is 287 g/mol. The van der Waals surface area contributed by atoms with Gasteiger partial charge in [0.2, 0.25) is 0 Å². The molecule has 106 valence electrons. The number of hydrogen-bond acceptors (Lipinski definition) is 3. The molecule has 0 spiro atoms. The van der Waals surface area contributed by atoms with Crippen LogP contribution in [-0.2, 0) is 12.8 Å². The highest BCUT2D eigenvalue weighted by atomic mass is 32.1. The van der Waals surface area contributed by atoms with Gasteiger partial charge in [0.15, 0.2) is 0 Å². The quantitative estimate of drug-likeness (QED) is 0.898. The zero-order chi connectivity index (χ0) is 13.8. The number of ether oxygens (including phenoxy) is 1. The van der Waals surface area contributed by atoms with E-state index in [4.69, 9.17) is 4.74 Å². The van der Waals surface area contributed by atoms with E-state index in [1.165, 1.54) is 36.0 Å². The fourth-order valence-corrected chi connectivity index (χ4v) is 3.61. The van der Waals surface area contributed by atoms with E-state index in [1.807, 2.05) is 7.05 Å². The maximum Gasteiger partial charge on any atom is 0.119 e. The van der Waals surface area contributed by atoms with E-state index in [2.05, 4.69) is 40.3 Å². The van der Waals surface area contributed by atoms with Gasteiger partial charge in [-0.3, -0.25) is 0 Å². The second-order valence-electron chi connectivity index (χ2n) is 5.32. The lowest BCUT2D eigenvalue weighted by atomic mass is 9.87. The zero-order valence-electron chi connectivity index (χ0n) is 11.9. The van der Waals surface area contributed by atoms with Crippen molar-refractivity contribution in [3.8, 4) is 5.75 Å². The maximum absolute atomic E-state index is 5.90. The van der Waals surface area contributed by atoms with Crippen molar-refractivity contribution in [1.82, 2.24) is 5.32 Å². The average molecular weight is 287 g/mol. The molecule has 0 radical (unpaired) electrons. The third-order valence-corrected chi connectivity index (χ3v) is 4.75. The Bertz CT molecular complexity index is 550. The Morgan fingerprint density at radius 3 is 3.10 bits per heavy atom. The number of fused-ring (bicyclic) bond motifs is 1. The van der Waals surface area contributed by atoms with Crippen molar-refractivity contribution in [2.75, 3.05) is 13.7 Å². The summed E-state index contributed by atoms with van der Waals surface area (Å²) in [4.78, 5) is 0. The lowest BCUT2D eigenvalue weighted by Gasteiger charge is -2.25. The van der Waals surface area contributed by atoms with Crippen LogP contribution in [0.3, 0.4) is 0 Å². The van der Waals surface area contributed by atoms with Crippen LogP contribution in [0.2, 0.25) is 0 Å². The molecule has 2 nitrogen and oxygen atoms in total. The van der Waals surface area contributed by atoms with Crippen molar-refractivity contribution in [2.24, 2.45) is 0 Å². The normalized spacial score (nSPS) is 17.8. The van der Waals surface area contributed by atoms with Crippen LogP contribution in [0.15, 0.2) is 35.0 Å². The predicted octanol–water partition coefficient (Wildman–Crippen LogP) is 3.97. The molecule has 0 saturated heterocycles. The maximum atomic E-state index is 5.90. The zero-order valence-corrected chi connectivity index (χ0v) is 12.7. The lowest BCUT2D eigenvalue weighted by molar-refractivity contribution is 0.321. The molecule has 1 aliphatic rings. The van der Waals surface area contributed by atoms with E-state index in [1.54, 1.807) is 11.3 Å². The van der Waals surface area contributed by atoms with Gasteiger partial charge >= 0.3 is 0 Å². The number of rotatable bonds is 5. The summed E-state index contributed by atoms with van der Waals surface area (Å²) in [5.74, 6) is 1.01. The van der Waals surface area contributed by atoms with Gasteiger partial charge in [-0.1, -0.05) is 6.07 Å². The molecule has 1 aromatic heterocycles. The van der Waals surface area contributed by atoms with E-state index < -0.39 is 0 Å². The highest BCUT2D eigenvalue weighted by molar-refractivity contribution is 7.07. The molecule has 0 bridgehead atoms.